The quantitative estimate of drug-likeness (QED) is 0.673. The van der Waals surface area contributed by atoms with Crippen molar-refractivity contribution in [2.45, 2.75) is 62.2 Å². The first-order valence-electron chi connectivity index (χ1n) is 9.53. The zero-order valence-corrected chi connectivity index (χ0v) is 16.2. The summed E-state index contributed by atoms with van der Waals surface area (Å²) in [5, 5.41) is 12.4. The van der Waals surface area contributed by atoms with E-state index in [0.717, 1.165) is 16.5 Å². The number of nitrogens with one attached hydrogen (secondary N) is 1. The van der Waals surface area contributed by atoms with Crippen molar-refractivity contribution in [3.8, 4) is 0 Å². The van der Waals surface area contributed by atoms with Gasteiger partial charge in [0.25, 0.3) is 0 Å². The Balaban J connectivity index is 1.35. The van der Waals surface area contributed by atoms with Crippen LogP contribution in [0.2, 0.25) is 0 Å². The second-order valence-electron chi connectivity index (χ2n) is 7.43. The van der Waals surface area contributed by atoms with Crippen LogP contribution in [0.15, 0.2) is 35.5 Å². The standard InChI is InChI=1S/C20H24N4O2S/c1-13(25)17(11-14-5-3-2-4-6-14)21-18(26)12-27-20-23-22-19(15-7-8-15)24(20)16-9-10-16/h2-6,15-17H,7-12H2,1H3,(H,21,26)/t17-/m0/s1. The topological polar surface area (TPSA) is 76.9 Å². The van der Waals surface area contributed by atoms with Crippen LogP contribution in [0, 0.1) is 0 Å². The summed E-state index contributed by atoms with van der Waals surface area (Å²) in [6.45, 7) is 1.52. The van der Waals surface area contributed by atoms with Gasteiger partial charge in [-0.2, -0.15) is 0 Å². The van der Waals surface area contributed by atoms with Crippen molar-refractivity contribution >= 4 is 23.5 Å². The Labute approximate surface area is 163 Å². The van der Waals surface area contributed by atoms with E-state index in [9.17, 15) is 9.59 Å². The van der Waals surface area contributed by atoms with E-state index in [1.54, 1.807) is 0 Å². The number of Topliss-reactive ketones (excluding diaryl/α,β-unsaturated/α-hetero) is 1. The van der Waals surface area contributed by atoms with Gasteiger partial charge in [-0.3, -0.25) is 9.59 Å². The van der Waals surface area contributed by atoms with Crippen LogP contribution in [0.1, 0.15) is 56.0 Å². The average Bonchev–Trinajstić information content (AvgIpc) is 3.59. The average molecular weight is 385 g/mol. The van der Waals surface area contributed by atoms with Crippen LogP contribution in [0.5, 0.6) is 0 Å². The highest BCUT2D eigenvalue weighted by Crippen LogP contribution is 2.45. The lowest BCUT2D eigenvalue weighted by molar-refractivity contribution is -0.125. The van der Waals surface area contributed by atoms with Crippen LogP contribution in [0.3, 0.4) is 0 Å². The van der Waals surface area contributed by atoms with Crippen molar-refractivity contribution in [3.05, 3.63) is 41.7 Å². The molecule has 0 saturated heterocycles. The van der Waals surface area contributed by atoms with Gasteiger partial charge in [0, 0.05) is 12.0 Å². The molecule has 1 amide bonds. The van der Waals surface area contributed by atoms with Crippen LogP contribution in [-0.2, 0) is 16.0 Å². The van der Waals surface area contributed by atoms with E-state index in [4.69, 9.17) is 0 Å². The van der Waals surface area contributed by atoms with Crippen molar-refractivity contribution in [1.29, 1.82) is 0 Å². The van der Waals surface area contributed by atoms with Crippen molar-refractivity contribution < 1.29 is 9.59 Å². The second-order valence-corrected chi connectivity index (χ2v) is 8.37. The second kappa shape index (κ2) is 7.84. The largest absolute Gasteiger partial charge is 0.345 e. The van der Waals surface area contributed by atoms with Gasteiger partial charge in [-0.25, -0.2) is 0 Å². The maximum atomic E-state index is 12.4. The first-order chi connectivity index (χ1) is 13.1. The highest BCUT2D eigenvalue weighted by molar-refractivity contribution is 7.99. The zero-order valence-electron chi connectivity index (χ0n) is 15.4. The van der Waals surface area contributed by atoms with Gasteiger partial charge < -0.3 is 9.88 Å². The molecular formula is C20H24N4O2S. The van der Waals surface area contributed by atoms with Gasteiger partial charge in [0.1, 0.15) is 5.82 Å². The summed E-state index contributed by atoms with van der Waals surface area (Å²) in [6, 6.07) is 9.75. The van der Waals surface area contributed by atoms with E-state index in [1.165, 1.54) is 44.4 Å². The molecule has 0 unspecified atom stereocenters. The third-order valence-electron chi connectivity index (χ3n) is 4.99. The molecule has 0 radical (unpaired) electrons. The normalized spacial score (nSPS) is 17.5. The Kier molecular flexibility index (Phi) is 5.29. The molecule has 2 aliphatic carbocycles. The van der Waals surface area contributed by atoms with Crippen LogP contribution in [-0.4, -0.2) is 38.2 Å². The summed E-state index contributed by atoms with van der Waals surface area (Å²) in [5.74, 6) is 1.71. The Morgan fingerprint density at radius 2 is 1.93 bits per heavy atom. The molecule has 1 N–H and O–H groups in total. The van der Waals surface area contributed by atoms with Gasteiger partial charge in [0.15, 0.2) is 10.9 Å². The number of amides is 1. The molecule has 142 valence electrons. The van der Waals surface area contributed by atoms with Gasteiger partial charge in [0.05, 0.1) is 11.8 Å². The Hall–Kier alpha value is -2.15. The van der Waals surface area contributed by atoms with Gasteiger partial charge in [0.2, 0.25) is 5.91 Å². The number of rotatable bonds is 9. The van der Waals surface area contributed by atoms with Crippen molar-refractivity contribution in [1.82, 2.24) is 20.1 Å². The maximum Gasteiger partial charge on any atom is 0.231 e. The van der Waals surface area contributed by atoms with E-state index in [1.807, 2.05) is 30.3 Å². The molecule has 2 aliphatic rings. The van der Waals surface area contributed by atoms with Gasteiger partial charge >= 0.3 is 0 Å². The minimum atomic E-state index is -0.496. The molecule has 6 nitrogen and oxygen atoms in total. The van der Waals surface area contributed by atoms with Crippen LogP contribution in [0.4, 0.5) is 0 Å². The predicted octanol–water partition coefficient (Wildman–Crippen LogP) is 2.90. The summed E-state index contributed by atoms with van der Waals surface area (Å²) in [7, 11) is 0. The summed E-state index contributed by atoms with van der Waals surface area (Å²) in [5.41, 5.74) is 1.04. The minimum Gasteiger partial charge on any atom is -0.345 e. The summed E-state index contributed by atoms with van der Waals surface area (Å²) in [6.07, 6.45) is 5.23. The number of nitrogens with zero attached hydrogens (tertiary/aromatic N) is 3. The van der Waals surface area contributed by atoms with Crippen molar-refractivity contribution in [2.24, 2.45) is 0 Å². The Morgan fingerprint density at radius 1 is 1.19 bits per heavy atom. The first-order valence-corrected chi connectivity index (χ1v) is 10.5. The number of benzene rings is 1. The van der Waals surface area contributed by atoms with Crippen LogP contribution in [0.25, 0.3) is 0 Å². The highest BCUT2D eigenvalue weighted by atomic mass is 32.2. The Bertz CT molecular complexity index is 828. The number of hydrogen-bond acceptors (Lipinski definition) is 5. The number of carbonyl (C=O) groups excluding carboxylic acids is 2. The summed E-state index contributed by atoms with van der Waals surface area (Å²) < 4.78 is 2.24. The summed E-state index contributed by atoms with van der Waals surface area (Å²) in [4.78, 5) is 24.4. The molecular weight excluding hydrogens is 360 g/mol. The fraction of sp³-hybridized carbons (Fsp3) is 0.500. The minimum absolute atomic E-state index is 0.0330. The molecule has 1 atom stereocenters. The third kappa shape index (κ3) is 4.58. The molecule has 1 aromatic carbocycles. The fourth-order valence-electron chi connectivity index (χ4n) is 3.19. The molecule has 4 rings (SSSR count). The lowest BCUT2D eigenvalue weighted by Crippen LogP contribution is -2.42. The van der Waals surface area contributed by atoms with E-state index >= 15 is 0 Å². The predicted molar refractivity (Wildman–Crippen MR) is 104 cm³/mol. The van der Waals surface area contributed by atoms with Gasteiger partial charge in [-0.1, -0.05) is 42.1 Å². The molecule has 1 heterocycles. The number of ketones is 1. The molecule has 2 fully saturated rings. The number of carbonyl (C=O) groups is 2. The van der Waals surface area contributed by atoms with E-state index in [-0.39, 0.29) is 17.4 Å². The smallest absolute Gasteiger partial charge is 0.231 e. The summed E-state index contributed by atoms with van der Waals surface area (Å²) >= 11 is 1.42. The molecule has 7 heteroatoms. The first kappa shape index (κ1) is 18.2. The highest BCUT2D eigenvalue weighted by Gasteiger charge is 2.36. The SMILES string of the molecule is CC(=O)[C@H](Cc1ccccc1)NC(=O)CSc1nnc(C2CC2)n1C1CC1. The molecule has 0 bridgehead atoms. The molecule has 0 spiro atoms. The lowest BCUT2D eigenvalue weighted by atomic mass is 10.0. The maximum absolute atomic E-state index is 12.4. The monoisotopic (exact) mass is 384 g/mol. The number of hydrogen-bond donors (Lipinski definition) is 1. The molecule has 2 aromatic rings. The van der Waals surface area contributed by atoms with Crippen molar-refractivity contribution in [3.63, 3.8) is 0 Å². The van der Waals surface area contributed by atoms with E-state index in [2.05, 4.69) is 20.1 Å². The molecule has 0 aliphatic heterocycles. The van der Waals surface area contributed by atoms with E-state index in [0.29, 0.717) is 18.4 Å². The van der Waals surface area contributed by atoms with E-state index < -0.39 is 6.04 Å². The van der Waals surface area contributed by atoms with Gasteiger partial charge in [-0.05, 0) is 44.6 Å². The van der Waals surface area contributed by atoms with Gasteiger partial charge in [-0.15, -0.1) is 10.2 Å². The van der Waals surface area contributed by atoms with Crippen LogP contribution < -0.4 is 5.32 Å². The van der Waals surface area contributed by atoms with Crippen LogP contribution >= 0.6 is 11.8 Å². The fourth-order valence-corrected chi connectivity index (χ4v) is 4.02. The molecule has 27 heavy (non-hydrogen) atoms. The number of thioether (sulfide) groups is 1. The molecule has 1 aromatic heterocycles. The lowest BCUT2D eigenvalue weighted by Gasteiger charge is -2.16. The van der Waals surface area contributed by atoms with Crippen molar-refractivity contribution in [2.75, 3.05) is 5.75 Å². The third-order valence-corrected chi connectivity index (χ3v) is 5.93. The Morgan fingerprint density at radius 3 is 2.56 bits per heavy atom. The number of aromatic nitrogens is 3. The molecule has 2 saturated carbocycles. The zero-order chi connectivity index (χ0) is 18.8.